The Morgan fingerprint density at radius 2 is 1.93 bits per heavy atom. The fourth-order valence-electron chi connectivity index (χ4n) is 2.64. The SMILES string of the molecule is COc1cccc(C(=O)Nc2ccc(Oc3cccnc3)c(C)c2)c1OC(F)F. The number of hydrogen-bond donors (Lipinski definition) is 1. The van der Waals surface area contributed by atoms with Crippen LogP contribution in [0.3, 0.4) is 0 Å². The van der Waals surface area contributed by atoms with Crippen molar-refractivity contribution < 1.29 is 27.8 Å². The standard InChI is InChI=1S/C21H18F2N2O4/c1-13-11-14(8-9-17(13)28-15-5-4-10-24-12-15)25-20(26)16-6-3-7-18(27-2)19(16)29-21(22)23/h3-12,21H,1-2H3,(H,25,26). The first-order valence-electron chi connectivity index (χ1n) is 8.59. The molecule has 3 rings (SSSR count). The molecule has 1 heterocycles. The first kappa shape index (κ1) is 20.1. The lowest BCUT2D eigenvalue weighted by Gasteiger charge is -2.15. The Bertz CT molecular complexity index is 997. The van der Waals surface area contributed by atoms with Crippen LogP contribution in [0.1, 0.15) is 15.9 Å². The monoisotopic (exact) mass is 400 g/mol. The van der Waals surface area contributed by atoms with E-state index in [4.69, 9.17) is 9.47 Å². The summed E-state index contributed by atoms with van der Waals surface area (Å²) in [6.07, 6.45) is 3.23. The third-order valence-corrected chi connectivity index (χ3v) is 3.95. The van der Waals surface area contributed by atoms with Gasteiger partial charge in [-0.3, -0.25) is 9.78 Å². The number of nitrogens with zero attached hydrogens (tertiary/aromatic N) is 1. The predicted octanol–water partition coefficient (Wildman–Crippen LogP) is 5.04. The summed E-state index contributed by atoms with van der Waals surface area (Å²) in [5.41, 5.74) is 1.16. The number of rotatable bonds is 7. The zero-order chi connectivity index (χ0) is 20.8. The molecule has 0 unspecified atom stereocenters. The number of carbonyl (C=O) groups excluding carboxylic acids is 1. The van der Waals surface area contributed by atoms with Gasteiger partial charge in [0.25, 0.3) is 5.91 Å². The smallest absolute Gasteiger partial charge is 0.387 e. The number of pyridine rings is 1. The maximum atomic E-state index is 12.8. The minimum Gasteiger partial charge on any atom is -0.493 e. The van der Waals surface area contributed by atoms with E-state index in [0.29, 0.717) is 17.2 Å². The number of para-hydroxylation sites is 1. The highest BCUT2D eigenvalue weighted by atomic mass is 19.3. The van der Waals surface area contributed by atoms with Gasteiger partial charge < -0.3 is 19.5 Å². The summed E-state index contributed by atoms with van der Waals surface area (Å²) < 4.78 is 40.8. The molecule has 1 amide bonds. The van der Waals surface area contributed by atoms with Gasteiger partial charge in [-0.2, -0.15) is 8.78 Å². The molecule has 2 aromatic carbocycles. The van der Waals surface area contributed by atoms with Crippen molar-refractivity contribution in [2.75, 3.05) is 12.4 Å². The van der Waals surface area contributed by atoms with Crippen LogP contribution in [0, 0.1) is 6.92 Å². The van der Waals surface area contributed by atoms with E-state index in [9.17, 15) is 13.6 Å². The molecule has 0 aliphatic heterocycles. The van der Waals surface area contributed by atoms with Crippen molar-refractivity contribution in [1.82, 2.24) is 4.98 Å². The number of methoxy groups -OCH3 is 1. The Kier molecular flexibility index (Phi) is 6.23. The van der Waals surface area contributed by atoms with Crippen LogP contribution in [0.25, 0.3) is 0 Å². The highest BCUT2D eigenvalue weighted by molar-refractivity contribution is 6.06. The molecule has 29 heavy (non-hydrogen) atoms. The fraction of sp³-hybridized carbons (Fsp3) is 0.143. The van der Waals surface area contributed by atoms with Crippen LogP contribution in [0.5, 0.6) is 23.0 Å². The average Bonchev–Trinajstić information content (AvgIpc) is 2.70. The second-order valence-electron chi connectivity index (χ2n) is 5.94. The molecule has 0 atom stereocenters. The van der Waals surface area contributed by atoms with Gasteiger partial charge in [0.15, 0.2) is 11.5 Å². The van der Waals surface area contributed by atoms with E-state index in [2.05, 4.69) is 15.0 Å². The number of carbonyl (C=O) groups is 1. The predicted molar refractivity (Wildman–Crippen MR) is 103 cm³/mol. The summed E-state index contributed by atoms with van der Waals surface area (Å²) >= 11 is 0. The lowest BCUT2D eigenvalue weighted by atomic mass is 10.1. The minimum absolute atomic E-state index is 0.0364. The number of benzene rings is 2. The minimum atomic E-state index is -3.09. The van der Waals surface area contributed by atoms with E-state index in [1.807, 2.05) is 6.92 Å². The summed E-state index contributed by atoms with van der Waals surface area (Å²) in [6.45, 7) is -1.28. The summed E-state index contributed by atoms with van der Waals surface area (Å²) in [4.78, 5) is 16.6. The maximum absolute atomic E-state index is 12.8. The average molecular weight is 400 g/mol. The highest BCUT2D eigenvalue weighted by Gasteiger charge is 2.20. The van der Waals surface area contributed by atoms with Crippen molar-refractivity contribution in [2.24, 2.45) is 0 Å². The van der Waals surface area contributed by atoms with Crippen molar-refractivity contribution in [1.29, 1.82) is 0 Å². The quantitative estimate of drug-likeness (QED) is 0.601. The first-order chi connectivity index (χ1) is 14.0. The van der Waals surface area contributed by atoms with Crippen LogP contribution < -0.4 is 19.5 Å². The van der Waals surface area contributed by atoms with Crippen LogP contribution in [0.4, 0.5) is 14.5 Å². The molecule has 0 bridgehead atoms. The Hall–Kier alpha value is -3.68. The second-order valence-corrected chi connectivity index (χ2v) is 5.94. The number of nitrogens with one attached hydrogen (secondary N) is 1. The molecule has 8 heteroatoms. The zero-order valence-corrected chi connectivity index (χ0v) is 15.7. The van der Waals surface area contributed by atoms with Crippen molar-refractivity contribution in [3.05, 3.63) is 72.1 Å². The van der Waals surface area contributed by atoms with Crippen molar-refractivity contribution in [3.63, 3.8) is 0 Å². The molecule has 0 aliphatic rings. The van der Waals surface area contributed by atoms with E-state index in [0.717, 1.165) is 5.56 Å². The van der Waals surface area contributed by atoms with Crippen LogP contribution in [0.2, 0.25) is 0 Å². The van der Waals surface area contributed by atoms with Crippen molar-refractivity contribution in [2.45, 2.75) is 13.5 Å². The van der Waals surface area contributed by atoms with Gasteiger partial charge in [0.1, 0.15) is 11.5 Å². The number of anilines is 1. The molecular formula is C21H18F2N2O4. The molecule has 150 valence electrons. The van der Waals surface area contributed by atoms with Gasteiger partial charge in [-0.15, -0.1) is 0 Å². The molecule has 6 nitrogen and oxygen atoms in total. The van der Waals surface area contributed by atoms with E-state index in [-0.39, 0.29) is 17.1 Å². The summed E-state index contributed by atoms with van der Waals surface area (Å²) in [5, 5.41) is 2.67. The molecule has 0 fully saturated rings. The van der Waals surface area contributed by atoms with Crippen LogP contribution in [0.15, 0.2) is 60.9 Å². The van der Waals surface area contributed by atoms with Gasteiger partial charge in [-0.05, 0) is 55.0 Å². The van der Waals surface area contributed by atoms with E-state index >= 15 is 0 Å². The number of aryl methyl sites for hydroxylation is 1. The van der Waals surface area contributed by atoms with Crippen molar-refractivity contribution >= 4 is 11.6 Å². The molecule has 0 radical (unpaired) electrons. The van der Waals surface area contributed by atoms with Crippen LogP contribution in [-0.2, 0) is 0 Å². The third-order valence-electron chi connectivity index (χ3n) is 3.95. The van der Waals surface area contributed by atoms with Gasteiger partial charge in [-0.1, -0.05) is 6.07 Å². The van der Waals surface area contributed by atoms with E-state index in [1.54, 1.807) is 42.7 Å². The van der Waals surface area contributed by atoms with Crippen molar-refractivity contribution in [3.8, 4) is 23.0 Å². The lowest BCUT2D eigenvalue weighted by Crippen LogP contribution is -2.15. The number of aromatic nitrogens is 1. The van der Waals surface area contributed by atoms with E-state index in [1.165, 1.54) is 25.3 Å². The van der Waals surface area contributed by atoms with E-state index < -0.39 is 12.5 Å². The number of hydrogen-bond acceptors (Lipinski definition) is 5. The molecule has 0 saturated carbocycles. The fourth-order valence-corrected chi connectivity index (χ4v) is 2.64. The Balaban J connectivity index is 1.80. The number of ether oxygens (including phenoxy) is 3. The Morgan fingerprint density at radius 3 is 2.59 bits per heavy atom. The van der Waals surface area contributed by atoms with Gasteiger partial charge in [-0.25, -0.2) is 0 Å². The Labute approximate surface area is 166 Å². The number of alkyl halides is 2. The summed E-state index contributed by atoms with van der Waals surface area (Å²) in [5.74, 6) is 0.279. The molecule has 0 saturated heterocycles. The van der Waals surface area contributed by atoms with Gasteiger partial charge in [0.2, 0.25) is 0 Å². The van der Waals surface area contributed by atoms with Crippen LogP contribution >= 0.6 is 0 Å². The maximum Gasteiger partial charge on any atom is 0.387 e. The van der Waals surface area contributed by atoms with Gasteiger partial charge in [0, 0.05) is 11.9 Å². The zero-order valence-electron chi connectivity index (χ0n) is 15.7. The number of amides is 1. The second kappa shape index (κ2) is 9.01. The molecule has 0 spiro atoms. The molecule has 3 aromatic rings. The largest absolute Gasteiger partial charge is 0.493 e. The molecule has 0 aliphatic carbocycles. The van der Waals surface area contributed by atoms with Gasteiger partial charge in [0.05, 0.1) is 18.9 Å². The summed E-state index contributed by atoms with van der Waals surface area (Å²) in [7, 11) is 1.31. The lowest BCUT2D eigenvalue weighted by molar-refractivity contribution is -0.0515. The Morgan fingerprint density at radius 1 is 1.10 bits per heavy atom. The normalized spacial score (nSPS) is 10.5. The molecular weight excluding hydrogens is 382 g/mol. The third kappa shape index (κ3) is 4.98. The molecule has 1 aromatic heterocycles. The first-order valence-corrected chi connectivity index (χ1v) is 8.59. The summed E-state index contributed by atoms with van der Waals surface area (Å²) in [6, 6.07) is 12.9. The highest BCUT2D eigenvalue weighted by Crippen LogP contribution is 2.33. The number of halogens is 2. The van der Waals surface area contributed by atoms with Gasteiger partial charge >= 0.3 is 6.61 Å². The van der Waals surface area contributed by atoms with Crippen LogP contribution in [-0.4, -0.2) is 24.6 Å². The molecule has 1 N–H and O–H groups in total. The topological polar surface area (TPSA) is 69.7 Å².